The van der Waals surface area contributed by atoms with Crippen LogP contribution in [-0.2, 0) is 11.8 Å². The van der Waals surface area contributed by atoms with Crippen LogP contribution >= 0.6 is 0 Å². The zero-order valence-electron chi connectivity index (χ0n) is 18.3. The summed E-state index contributed by atoms with van der Waals surface area (Å²) in [4.78, 5) is 35.9. The van der Waals surface area contributed by atoms with E-state index in [1.165, 1.54) is 0 Å². The van der Waals surface area contributed by atoms with E-state index in [1.54, 1.807) is 22.7 Å². The fraction of sp³-hybridized carbons (Fsp3) is 0.714. The van der Waals surface area contributed by atoms with Gasteiger partial charge in [0.15, 0.2) is 5.65 Å². The lowest BCUT2D eigenvalue weighted by Crippen LogP contribution is -2.44. The molecule has 0 spiro atoms. The molecule has 1 N–H and O–H groups in total. The zero-order chi connectivity index (χ0) is 21.5. The molecule has 2 aliphatic rings. The number of hydrogen-bond acceptors (Lipinski definition) is 6. The van der Waals surface area contributed by atoms with Gasteiger partial charge in [0.2, 0.25) is 5.95 Å². The largest absolute Gasteiger partial charge is 0.444 e. The molecule has 4 rings (SSSR count). The van der Waals surface area contributed by atoms with Crippen molar-refractivity contribution in [3.05, 3.63) is 16.7 Å². The Hall–Kier alpha value is -2.58. The van der Waals surface area contributed by atoms with Crippen LogP contribution in [0.1, 0.15) is 65.3 Å². The molecule has 9 nitrogen and oxygen atoms in total. The fourth-order valence-electron chi connectivity index (χ4n) is 4.41. The Morgan fingerprint density at radius 1 is 1.17 bits per heavy atom. The Kier molecular flexibility index (Phi) is 5.46. The van der Waals surface area contributed by atoms with E-state index < -0.39 is 5.60 Å². The van der Waals surface area contributed by atoms with E-state index in [4.69, 9.17) is 9.72 Å². The molecule has 3 heterocycles. The Labute approximate surface area is 176 Å². The summed E-state index contributed by atoms with van der Waals surface area (Å²) < 4.78 is 8.94. The van der Waals surface area contributed by atoms with Crippen LogP contribution in [0, 0.1) is 0 Å². The van der Waals surface area contributed by atoms with Gasteiger partial charge in [0, 0.05) is 32.2 Å². The number of nitrogens with zero attached hydrogens (tertiary/aromatic N) is 5. The lowest BCUT2D eigenvalue weighted by molar-refractivity contribution is 0.0210. The van der Waals surface area contributed by atoms with Gasteiger partial charge in [0.1, 0.15) is 11.1 Å². The van der Waals surface area contributed by atoms with Gasteiger partial charge in [-0.15, -0.1) is 0 Å². The Bertz CT molecular complexity index is 975. The topological polar surface area (TPSA) is 94.3 Å². The second kappa shape index (κ2) is 7.92. The number of carbonyl (C=O) groups excluding carboxylic acids is 1. The van der Waals surface area contributed by atoms with Gasteiger partial charge in [0.05, 0.1) is 6.20 Å². The molecule has 1 aliphatic heterocycles. The minimum Gasteiger partial charge on any atom is -0.444 e. The fourth-order valence-corrected chi connectivity index (χ4v) is 4.41. The number of imidazole rings is 1. The van der Waals surface area contributed by atoms with Gasteiger partial charge in [-0.2, -0.15) is 4.98 Å². The summed E-state index contributed by atoms with van der Waals surface area (Å²) in [6.45, 7) is 6.89. The van der Waals surface area contributed by atoms with Gasteiger partial charge in [-0.3, -0.25) is 9.13 Å². The highest BCUT2D eigenvalue weighted by Crippen LogP contribution is 2.30. The number of nitrogens with one attached hydrogen (secondary N) is 1. The minimum atomic E-state index is -0.486. The SMILES string of the molecule is Cn1c(=O)n(C2CCCC2)c2nc(NC3CCN(C(=O)OC(C)(C)C)CC3)ncc21. The molecule has 164 valence electrons. The number of ether oxygens (including phenoxy) is 1. The quantitative estimate of drug-likeness (QED) is 0.826. The number of anilines is 1. The average molecular weight is 417 g/mol. The molecule has 1 aliphatic carbocycles. The maximum atomic E-state index is 12.8. The van der Waals surface area contributed by atoms with Crippen LogP contribution in [0.25, 0.3) is 11.2 Å². The van der Waals surface area contributed by atoms with E-state index in [0.29, 0.717) is 24.7 Å². The Morgan fingerprint density at radius 3 is 2.47 bits per heavy atom. The van der Waals surface area contributed by atoms with Crippen molar-refractivity contribution in [3.63, 3.8) is 0 Å². The normalized spacial score (nSPS) is 18.9. The van der Waals surface area contributed by atoms with Crippen LogP contribution in [0.2, 0.25) is 0 Å². The van der Waals surface area contributed by atoms with E-state index in [1.807, 2.05) is 25.3 Å². The zero-order valence-corrected chi connectivity index (χ0v) is 18.3. The summed E-state index contributed by atoms with van der Waals surface area (Å²) in [5, 5.41) is 3.40. The number of amides is 1. The predicted octanol–water partition coefficient (Wildman–Crippen LogP) is 3.06. The van der Waals surface area contributed by atoms with Crippen molar-refractivity contribution in [1.29, 1.82) is 0 Å². The van der Waals surface area contributed by atoms with Crippen LogP contribution in [0.3, 0.4) is 0 Å². The molecule has 2 aromatic heterocycles. The van der Waals surface area contributed by atoms with E-state index in [9.17, 15) is 9.59 Å². The molecule has 0 bridgehead atoms. The summed E-state index contributed by atoms with van der Waals surface area (Å²) >= 11 is 0. The number of rotatable bonds is 3. The predicted molar refractivity (Wildman–Crippen MR) is 115 cm³/mol. The van der Waals surface area contributed by atoms with Crippen molar-refractivity contribution in [2.45, 2.75) is 77.0 Å². The molecule has 0 aromatic carbocycles. The van der Waals surface area contributed by atoms with Crippen LogP contribution in [0.15, 0.2) is 11.0 Å². The average Bonchev–Trinajstić information content (AvgIpc) is 3.28. The second-order valence-electron chi connectivity index (χ2n) is 9.44. The first-order valence-electron chi connectivity index (χ1n) is 10.9. The smallest absolute Gasteiger partial charge is 0.410 e. The van der Waals surface area contributed by atoms with Gasteiger partial charge in [0.25, 0.3) is 0 Å². The summed E-state index contributed by atoms with van der Waals surface area (Å²) in [6.07, 6.45) is 7.41. The van der Waals surface area contributed by atoms with Crippen LogP contribution < -0.4 is 11.0 Å². The summed E-state index contributed by atoms with van der Waals surface area (Å²) in [7, 11) is 1.78. The molecule has 30 heavy (non-hydrogen) atoms. The molecule has 1 amide bonds. The molecule has 1 saturated carbocycles. The van der Waals surface area contributed by atoms with Crippen LogP contribution in [-0.4, -0.2) is 54.8 Å². The molecule has 1 saturated heterocycles. The number of piperidine rings is 1. The number of likely N-dealkylation sites (tertiary alicyclic amines) is 1. The van der Waals surface area contributed by atoms with Crippen molar-refractivity contribution in [2.24, 2.45) is 7.05 Å². The van der Waals surface area contributed by atoms with E-state index >= 15 is 0 Å². The van der Waals surface area contributed by atoms with Crippen molar-refractivity contribution in [1.82, 2.24) is 24.0 Å². The van der Waals surface area contributed by atoms with Crippen molar-refractivity contribution in [2.75, 3.05) is 18.4 Å². The maximum Gasteiger partial charge on any atom is 0.410 e. The van der Waals surface area contributed by atoms with Gasteiger partial charge in [-0.1, -0.05) is 12.8 Å². The number of fused-ring (bicyclic) bond motifs is 1. The number of aromatic nitrogens is 4. The van der Waals surface area contributed by atoms with Gasteiger partial charge >= 0.3 is 11.8 Å². The lowest BCUT2D eigenvalue weighted by atomic mass is 10.1. The number of aryl methyl sites for hydroxylation is 1. The third-order valence-electron chi connectivity index (χ3n) is 6.00. The third-order valence-corrected chi connectivity index (χ3v) is 6.00. The highest BCUT2D eigenvalue weighted by Gasteiger charge is 2.28. The van der Waals surface area contributed by atoms with E-state index in [0.717, 1.165) is 44.0 Å². The molecule has 0 atom stereocenters. The first kappa shape index (κ1) is 20.7. The van der Waals surface area contributed by atoms with Gasteiger partial charge in [-0.05, 0) is 46.5 Å². The van der Waals surface area contributed by atoms with Crippen molar-refractivity contribution < 1.29 is 9.53 Å². The molecular formula is C21H32N6O3. The first-order chi connectivity index (χ1) is 14.2. The van der Waals surface area contributed by atoms with E-state index in [-0.39, 0.29) is 23.9 Å². The van der Waals surface area contributed by atoms with Crippen molar-refractivity contribution >= 4 is 23.2 Å². The molecule has 0 radical (unpaired) electrons. The molecule has 2 fully saturated rings. The monoisotopic (exact) mass is 416 g/mol. The third kappa shape index (κ3) is 4.15. The Morgan fingerprint density at radius 2 is 1.83 bits per heavy atom. The highest BCUT2D eigenvalue weighted by atomic mass is 16.6. The van der Waals surface area contributed by atoms with Crippen LogP contribution in [0.5, 0.6) is 0 Å². The van der Waals surface area contributed by atoms with Crippen LogP contribution in [0.4, 0.5) is 10.7 Å². The standard InChI is InChI=1S/C21H32N6O3/c1-21(2,3)30-20(29)26-11-9-14(10-12-26)23-18-22-13-16-17(24-18)27(19(28)25(16)4)15-7-5-6-8-15/h13-15H,5-12H2,1-4H3,(H,22,23,24). The highest BCUT2D eigenvalue weighted by molar-refractivity contribution is 5.72. The van der Waals surface area contributed by atoms with Crippen molar-refractivity contribution in [3.8, 4) is 0 Å². The molecule has 9 heteroatoms. The summed E-state index contributed by atoms with van der Waals surface area (Å²) in [5.74, 6) is 0.538. The second-order valence-corrected chi connectivity index (χ2v) is 9.44. The summed E-state index contributed by atoms with van der Waals surface area (Å²) in [5.41, 5.74) is 0.963. The lowest BCUT2D eigenvalue weighted by Gasteiger charge is -2.33. The number of carbonyl (C=O) groups is 1. The van der Waals surface area contributed by atoms with Gasteiger partial charge in [-0.25, -0.2) is 14.6 Å². The molecule has 2 aromatic rings. The molecular weight excluding hydrogens is 384 g/mol. The molecule has 0 unspecified atom stereocenters. The minimum absolute atomic E-state index is 0.0194. The maximum absolute atomic E-state index is 12.8. The summed E-state index contributed by atoms with van der Waals surface area (Å²) in [6, 6.07) is 0.400. The number of hydrogen-bond donors (Lipinski definition) is 1. The first-order valence-corrected chi connectivity index (χ1v) is 10.9. The van der Waals surface area contributed by atoms with Gasteiger partial charge < -0.3 is 15.0 Å². The Balaban J connectivity index is 1.46. The van der Waals surface area contributed by atoms with E-state index in [2.05, 4.69) is 10.3 Å².